The van der Waals surface area contributed by atoms with Gasteiger partial charge in [-0.25, -0.2) is 4.79 Å². The van der Waals surface area contributed by atoms with Crippen LogP contribution in [0.2, 0.25) is 0 Å². The second-order valence-corrected chi connectivity index (χ2v) is 9.44. The zero-order valence-corrected chi connectivity index (χ0v) is 20.4. The van der Waals surface area contributed by atoms with Crippen LogP contribution in [0, 0.1) is 0 Å². The van der Waals surface area contributed by atoms with E-state index in [1.165, 1.54) is 67.6 Å². The predicted molar refractivity (Wildman–Crippen MR) is 135 cm³/mol. The lowest BCUT2D eigenvalue weighted by atomic mass is 10.0. The molecule has 0 amide bonds. The molecule has 0 bridgehead atoms. The van der Waals surface area contributed by atoms with Gasteiger partial charge in [-0.2, -0.15) is 0 Å². The van der Waals surface area contributed by atoms with Crippen molar-refractivity contribution in [2.24, 2.45) is 0 Å². The first kappa shape index (κ1) is 25.5. The van der Waals surface area contributed by atoms with Crippen LogP contribution in [-0.2, 0) is 4.74 Å². The minimum Gasteiger partial charge on any atom is -0.462 e. The maximum atomic E-state index is 12.1. The van der Waals surface area contributed by atoms with E-state index in [4.69, 9.17) is 4.74 Å². The molecule has 0 aliphatic rings. The van der Waals surface area contributed by atoms with Crippen LogP contribution in [0.4, 0.5) is 0 Å². The van der Waals surface area contributed by atoms with Crippen LogP contribution in [0.5, 0.6) is 0 Å². The highest BCUT2D eigenvalue weighted by Crippen LogP contribution is 2.25. The fourth-order valence-corrected chi connectivity index (χ4v) is 4.48. The highest BCUT2D eigenvalue weighted by Gasteiger charge is 2.07. The molecule has 3 heteroatoms. The van der Waals surface area contributed by atoms with Crippen LogP contribution in [0.1, 0.15) is 94.8 Å². The Labute approximate surface area is 194 Å². The number of rotatable bonds is 16. The van der Waals surface area contributed by atoms with E-state index in [9.17, 15) is 4.79 Å². The van der Waals surface area contributed by atoms with Crippen LogP contribution in [0.15, 0.2) is 53.4 Å². The lowest BCUT2D eigenvalue weighted by Gasteiger charge is -2.07. The molecule has 2 nitrogen and oxygen atoms in total. The summed E-state index contributed by atoms with van der Waals surface area (Å²) in [6.07, 6.45) is 14.1. The van der Waals surface area contributed by atoms with Crippen LogP contribution >= 0.6 is 11.8 Å². The molecular weight excluding hydrogens is 400 g/mol. The summed E-state index contributed by atoms with van der Waals surface area (Å²) >= 11 is 1.95. The molecule has 0 aliphatic heterocycles. The maximum Gasteiger partial charge on any atom is 0.338 e. The number of hydrogen-bond donors (Lipinski definition) is 0. The fraction of sp³-hybridized carbons (Fsp3) is 0.536. The van der Waals surface area contributed by atoms with Crippen molar-refractivity contribution in [2.75, 3.05) is 12.4 Å². The quantitative estimate of drug-likeness (QED) is 0.148. The number of hydrogen-bond acceptors (Lipinski definition) is 3. The maximum absolute atomic E-state index is 12.1. The van der Waals surface area contributed by atoms with Crippen molar-refractivity contribution in [2.45, 2.75) is 89.4 Å². The van der Waals surface area contributed by atoms with Crippen molar-refractivity contribution < 1.29 is 9.53 Å². The Hall–Kier alpha value is -1.74. The first-order chi connectivity index (χ1) is 15.2. The topological polar surface area (TPSA) is 26.3 Å². The average molecular weight is 441 g/mol. The SMILES string of the molecule is CCCCCCCCCCSc1ccc(-c2ccc(C(=O)OCCCCC)cc2)cc1. The Morgan fingerprint density at radius 1 is 0.677 bits per heavy atom. The molecule has 170 valence electrons. The third kappa shape index (κ3) is 10.4. The van der Waals surface area contributed by atoms with Gasteiger partial charge in [0.2, 0.25) is 0 Å². The Morgan fingerprint density at radius 3 is 1.81 bits per heavy atom. The van der Waals surface area contributed by atoms with Crippen molar-refractivity contribution >= 4 is 17.7 Å². The zero-order chi connectivity index (χ0) is 22.2. The number of carbonyl (C=O) groups is 1. The Balaban J connectivity index is 1.69. The summed E-state index contributed by atoms with van der Waals surface area (Å²) in [6.45, 7) is 4.92. The molecular formula is C28H40O2S. The Kier molecular flexibility index (Phi) is 13.1. The summed E-state index contributed by atoms with van der Waals surface area (Å²) in [5.41, 5.74) is 2.93. The molecule has 0 N–H and O–H groups in total. The normalized spacial score (nSPS) is 10.9. The van der Waals surface area contributed by atoms with Gasteiger partial charge in [0.1, 0.15) is 0 Å². The van der Waals surface area contributed by atoms with Gasteiger partial charge in [-0.05, 0) is 54.0 Å². The molecule has 2 aromatic carbocycles. The van der Waals surface area contributed by atoms with E-state index >= 15 is 0 Å². The second-order valence-electron chi connectivity index (χ2n) is 8.27. The van der Waals surface area contributed by atoms with Crippen molar-refractivity contribution in [3.05, 3.63) is 54.1 Å². The summed E-state index contributed by atoms with van der Waals surface area (Å²) in [7, 11) is 0. The van der Waals surface area contributed by atoms with E-state index in [1.807, 2.05) is 36.0 Å². The van der Waals surface area contributed by atoms with E-state index in [0.29, 0.717) is 12.2 Å². The third-order valence-corrected chi connectivity index (χ3v) is 6.65. The molecule has 31 heavy (non-hydrogen) atoms. The molecule has 0 spiro atoms. The van der Waals surface area contributed by atoms with E-state index in [1.54, 1.807) is 0 Å². The minimum atomic E-state index is -0.227. The molecule has 2 rings (SSSR count). The van der Waals surface area contributed by atoms with Crippen LogP contribution in [0.3, 0.4) is 0 Å². The number of thioether (sulfide) groups is 1. The molecule has 0 unspecified atom stereocenters. The standard InChI is InChI=1S/C28H40O2S/c1-3-5-7-8-9-10-11-13-23-31-27-20-18-25(19-21-27)24-14-16-26(17-15-24)28(29)30-22-12-6-4-2/h14-21H,3-13,22-23H2,1-2H3. The zero-order valence-electron chi connectivity index (χ0n) is 19.5. The summed E-state index contributed by atoms with van der Waals surface area (Å²) in [6, 6.07) is 16.5. The predicted octanol–water partition coefficient (Wildman–Crippen LogP) is 8.93. The van der Waals surface area contributed by atoms with Crippen LogP contribution in [-0.4, -0.2) is 18.3 Å². The molecule has 0 heterocycles. The van der Waals surface area contributed by atoms with E-state index in [0.717, 1.165) is 24.8 Å². The second kappa shape index (κ2) is 16.0. The summed E-state index contributed by atoms with van der Waals surface area (Å²) in [5, 5.41) is 0. The number of benzene rings is 2. The lowest BCUT2D eigenvalue weighted by Crippen LogP contribution is -2.06. The van der Waals surface area contributed by atoms with E-state index < -0.39 is 0 Å². The molecule has 0 fully saturated rings. The van der Waals surface area contributed by atoms with Crippen molar-refractivity contribution in [3.8, 4) is 11.1 Å². The van der Waals surface area contributed by atoms with Gasteiger partial charge in [-0.1, -0.05) is 95.9 Å². The van der Waals surface area contributed by atoms with Gasteiger partial charge < -0.3 is 4.74 Å². The molecule has 0 saturated heterocycles. The lowest BCUT2D eigenvalue weighted by molar-refractivity contribution is 0.0498. The van der Waals surface area contributed by atoms with Gasteiger partial charge in [0, 0.05) is 4.90 Å². The summed E-state index contributed by atoms with van der Waals surface area (Å²) in [5.74, 6) is 0.971. The monoisotopic (exact) mass is 440 g/mol. The van der Waals surface area contributed by atoms with E-state index in [-0.39, 0.29) is 5.97 Å². The number of ether oxygens (including phenoxy) is 1. The van der Waals surface area contributed by atoms with Crippen molar-refractivity contribution in [1.82, 2.24) is 0 Å². The van der Waals surface area contributed by atoms with Gasteiger partial charge in [0.25, 0.3) is 0 Å². The fourth-order valence-electron chi connectivity index (χ4n) is 3.57. The van der Waals surface area contributed by atoms with Gasteiger partial charge in [-0.15, -0.1) is 11.8 Å². The molecule has 0 saturated carbocycles. The number of carbonyl (C=O) groups excluding carboxylic acids is 1. The smallest absolute Gasteiger partial charge is 0.338 e. The molecule has 0 aliphatic carbocycles. The van der Waals surface area contributed by atoms with Crippen LogP contribution in [0.25, 0.3) is 11.1 Å². The number of esters is 1. The van der Waals surface area contributed by atoms with Gasteiger partial charge in [0.05, 0.1) is 12.2 Å². The van der Waals surface area contributed by atoms with Crippen molar-refractivity contribution in [1.29, 1.82) is 0 Å². The highest BCUT2D eigenvalue weighted by molar-refractivity contribution is 7.99. The molecule has 0 radical (unpaired) electrons. The third-order valence-electron chi connectivity index (χ3n) is 5.56. The van der Waals surface area contributed by atoms with Gasteiger partial charge >= 0.3 is 5.97 Å². The summed E-state index contributed by atoms with van der Waals surface area (Å²) in [4.78, 5) is 13.4. The van der Waals surface area contributed by atoms with E-state index in [2.05, 4.69) is 38.1 Å². The van der Waals surface area contributed by atoms with Crippen LogP contribution < -0.4 is 0 Å². The number of unbranched alkanes of at least 4 members (excludes halogenated alkanes) is 9. The molecule has 0 atom stereocenters. The van der Waals surface area contributed by atoms with Gasteiger partial charge in [-0.3, -0.25) is 0 Å². The largest absolute Gasteiger partial charge is 0.462 e. The Morgan fingerprint density at radius 2 is 1.19 bits per heavy atom. The van der Waals surface area contributed by atoms with Gasteiger partial charge in [0.15, 0.2) is 0 Å². The molecule has 0 aromatic heterocycles. The average Bonchev–Trinajstić information content (AvgIpc) is 2.81. The first-order valence-corrected chi connectivity index (χ1v) is 13.2. The van der Waals surface area contributed by atoms with Crippen molar-refractivity contribution in [3.63, 3.8) is 0 Å². The highest BCUT2D eigenvalue weighted by atomic mass is 32.2. The first-order valence-electron chi connectivity index (χ1n) is 12.2. The molecule has 2 aromatic rings. The Bertz CT molecular complexity index is 722. The summed E-state index contributed by atoms with van der Waals surface area (Å²) < 4.78 is 5.33. The minimum absolute atomic E-state index is 0.227.